The van der Waals surface area contributed by atoms with E-state index in [-0.39, 0.29) is 25.3 Å². The smallest absolute Gasteiger partial charge is 0.433 e. The summed E-state index contributed by atoms with van der Waals surface area (Å²) in [6, 6.07) is 1.87. The molecule has 0 N–H and O–H groups in total. The van der Waals surface area contributed by atoms with E-state index >= 15 is 0 Å². The predicted octanol–water partition coefficient (Wildman–Crippen LogP) is 0.828. The van der Waals surface area contributed by atoms with E-state index in [9.17, 15) is 19.7 Å². The maximum atomic E-state index is 11.9. The van der Waals surface area contributed by atoms with Crippen LogP contribution < -0.4 is 0 Å². The molecular weight excluding hydrogens is 312 g/mol. The number of hydroxylamine groups is 2. The minimum Gasteiger partial charge on any atom is -0.469 e. The van der Waals surface area contributed by atoms with Gasteiger partial charge in [0, 0.05) is 6.54 Å². The van der Waals surface area contributed by atoms with Gasteiger partial charge in [-0.25, -0.2) is 0 Å². The molecule has 0 saturated carbocycles. The molecule has 1 aliphatic heterocycles. The number of carbonyl (C=O) groups excluding carboxylic acids is 2. The lowest BCUT2D eigenvalue weighted by molar-refractivity contribution is -0.402. The van der Waals surface area contributed by atoms with Gasteiger partial charge in [0.05, 0.1) is 33.3 Å². The maximum absolute atomic E-state index is 11.9. The number of methoxy groups -OCH3 is 2. The number of nitro groups is 1. The van der Waals surface area contributed by atoms with E-state index < -0.39 is 34.7 Å². The van der Waals surface area contributed by atoms with Crippen LogP contribution in [0.4, 0.5) is 5.88 Å². The fraction of sp³-hybridized carbons (Fsp3) is 0.538. The summed E-state index contributed by atoms with van der Waals surface area (Å²) < 4.78 is 14.5. The van der Waals surface area contributed by atoms with E-state index in [1.54, 1.807) is 0 Å². The van der Waals surface area contributed by atoms with Crippen LogP contribution in [0.5, 0.6) is 0 Å². The molecule has 2 rings (SSSR count). The fourth-order valence-electron chi connectivity index (χ4n) is 2.34. The van der Waals surface area contributed by atoms with Crippen LogP contribution in [0.2, 0.25) is 0 Å². The summed E-state index contributed by atoms with van der Waals surface area (Å²) in [6.07, 6.45) is 0.0314. The van der Waals surface area contributed by atoms with Gasteiger partial charge in [-0.2, -0.15) is 5.06 Å². The zero-order chi connectivity index (χ0) is 17.0. The zero-order valence-electron chi connectivity index (χ0n) is 12.6. The lowest BCUT2D eigenvalue weighted by atomic mass is 9.99. The van der Waals surface area contributed by atoms with Gasteiger partial charge in [0.2, 0.25) is 0 Å². The summed E-state index contributed by atoms with van der Waals surface area (Å²) in [5.74, 6) is -1.95. The van der Waals surface area contributed by atoms with Gasteiger partial charge in [0.15, 0.2) is 0 Å². The van der Waals surface area contributed by atoms with Gasteiger partial charge in [-0.15, -0.1) is 0 Å². The van der Waals surface area contributed by atoms with Crippen molar-refractivity contribution in [1.82, 2.24) is 5.06 Å². The largest absolute Gasteiger partial charge is 0.469 e. The highest BCUT2D eigenvalue weighted by atomic mass is 16.7. The summed E-state index contributed by atoms with van der Waals surface area (Å²) >= 11 is 0. The normalized spacial score (nSPS) is 21.1. The Morgan fingerprint density at radius 2 is 2.13 bits per heavy atom. The van der Waals surface area contributed by atoms with Crippen molar-refractivity contribution in [1.29, 1.82) is 0 Å². The zero-order valence-corrected chi connectivity index (χ0v) is 12.6. The van der Waals surface area contributed by atoms with Gasteiger partial charge in [-0.05, 0) is 6.07 Å². The highest BCUT2D eigenvalue weighted by molar-refractivity contribution is 5.74. The topological polar surface area (TPSA) is 121 Å². The molecule has 0 aromatic carbocycles. The highest BCUT2D eigenvalue weighted by Gasteiger charge is 2.44. The third-order valence-electron chi connectivity index (χ3n) is 3.46. The third-order valence-corrected chi connectivity index (χ3v) is 3.46. The van der Waals surface area contributed by atoms with E-state index in [2.05, 4.69) is 4.74 Å². The Hall–Kier alpha value is -2.46. The molecule has 10 heteroatoms. The fourth-order valence-corrected chi connectivity index (χ4v) is 2.34. The first-order valence-electron chi connectivity index (χ1n) is 6.76. The predicted molar refractivity (Wildman–Crippen MR) is 72.9 cm³/mol. The van der Waals surface area contributed by atoms with Crippen LogP contribution >= 0.6 is 0 Å². The number of furan rings is 1. The third kappa shape index (κ3) is 3.66. The Bertz CT molecular complexity index is 599. The van der Waals surface area contributed by atoms with Crippen LogP contribution in [-0.2, 0) is 23.9 Å². The van der Waals surface area contributed by atoms with Crippen molar-refractivity contribution >= 4 is 17.8 Å². The van der Waals surface area contributed by atoms with Gasteiger partial charge in [-0.3, -0.25) is 24.5 Å². The van der Waals surface area contributed by atoms with Gasteiger partial charge in [0.1, 0.15) is 22.6 Å². The first-order chi connectivity index (χ1) is 11.0. The second-order valence-corrected chi connectivity index (χ2v) is 4.77. The quantitative estimate of drug-likeness (QED) is 0.424. The molecular formula is C13H16N2O8. The van der Waals surface area contributed by atoms with E-state index in [0.29, 0.717) is 0 Å². The van der Waals surface area contributed by atoms with Crippen LogP contribution in [0.25, 0.3) is 0 Å². The number of rotatable bonds is 6. The lowest BCUT2D eigenvalue weighted by Crippen LogP contribution is -2.30. The molecule has 1 saturated heterocycles. The molecule has 23 heavy (non-hydrogen) atoms. The molecule has 1 aromatic heterocycles. The molecule has 0 radical (unpaired) electrons. The van der Waals surface area contributed by atoms with E-state index in [1.165, 1.54) is 31.4 Å². The van der Waals surface area contributed by atoms with Crippen LogP contribution in [-0.4, -0.2) is 49.3 Å². The van der Waals surface area contributed by atoms with Crippen molar-refractivity contribution in [2.24, 2.45) is 5.92 Å². The average molecular weight is 328 g/mol. The Morgan fingerprint density at radius 3 is 2.70 bits per heavy atom. The molecule has 0 spiro atoms. The maximum Gasteiger partial charge on any atom is 0.433 e. The van der Waals surface area contributed by atoms with Crippen LogP contribution in [0.3, 0.4) is 0 Å². The summed E-state index contributed by atoms with van der Waals surface area (Å²) in [6.45, 7) is 0.159. The number of hydrogen-bond acceptors (Lipinski definition) is 9. The molecule has 0 unspecified atom stereocenters. The Balaban J connectivity index is 2.22. The number of nitrogens with zero attached hydrogens (tertiary/aromatic N) is 2. The van der Waals surface area contributed by atoms with Gasteiger partial charge >= 0.3 is 17.8 Å². The molecule has 1 aliphatic rings. The van der Waals surface area contributed by atoms with Crippen molar-refractivity contribution in [2.45, 2.75) is 12.5 Å². The molecule has 1 aromatic rings. The molecule has 0 bridgehead atoms. The first-order valence-corrected chi connectivity index (χ1v) is 6.76. The number of ether oxygens (including phenoxy) is 2. The molecule has 0 aliphatic carbocycles. The molecule has 0 amide bonds. The van der Waals surface area contributed by atoms with Crippen LogP contribution in [0.15, 0.2) is 16.5 Å². The number of esters is 2. The van der Waals surface area contributed by atoms with Gasteiger partial charge in [-0.1, -0.05) is 0 Å². The number of carbonyl (C=O) groups is 2. The Labute approximate surface area is 131 Å². The van der Waals surface area contributed by atoms with Gasteiger partial charge in [0.25, 0.3) is 0 Å². The summed E-state index contributed by atoms with van der Waals surface area (Å²) in [5.41, 5.74) is 0. The Morgan fingerprint density at radius 1 is 1.39 bits per heavy atom. The SMILES string of the molecule is COC(=O)CCN1OC[C@H](C(=O)OC)[C@@H]1c1ccc([N+](=O)[O-])o1. The second kappa shape index (κ2) is 7.20. The minimum absolute atomic E-state index is 0.0208. The molecule has 2 atom stereocenters. The van der Waals surface area contributed by atoms with E-state index in [1.807, 2.05) is 0 Å². The standard InChI is InChI=1S/C13H16N2O8/c1-20-11(16)5-6-14-12(8(7-22-14)13(17)21-2)9-3-4-10(23-9)15(18)19/h3-4,8,12H,5-7H2,1-2H3/t8-,12+/m0/s1. The molecule has 1 fully saturated rings. The van der Waals surface area contributed by atoms with Crippen molar-refractivity contribution in [2.75, 3.05) is 27.4 Å². The Kier molecular flexibility index (Phi) is 5.29. The lowest BCUT2D eigenvalue weighted by Gasteiger charge is -2.22. The highest BCUT2D eigenvalue weighted by Crippen LogP contribution is 2.38. The monoisotopic (exact) mass is 328 g/mol. The number of hydrogen-bond donors (Lipinski definition) is 0. The summed E-state index contributed by atoms with van der Waals surface area (Å²) in [7, 11) is 2.50. The van der Waals surface area contributed by atoms with Crippen molar-refractivity contribution in [3.8, 4) is 0 Å². The second-order valence-electron chi connectivity index (χ2n) is 4.77. The first kappa shape index (κ1) is 16.9. The van der Waals surface area contributed by atoms with Crippen molar-refractivity contribution < 1.29 is 33.2 Å². The summed E-state index contributed by atoms with van der Waals surface area (Å²) in [5, 5.41) is 12.1. The van der Waals surface area contributed by atoms with Crippen molar-refractivity contribution in [3.05, 3.63) is 28.0 Å². The minimum atomic E-state index is -0.721. The van der Waals surface area contributed by atoms with E-state index in [0.717, 1.165) is 0 Å². The van der Waals surface area contributed by atoms with Gasteiger partial charge < -0.3 is 13.9 Å². The summed E-state index contributed by atoms with van der Waals surface area (Å²) in [4.78, 5) is 38.6. The molecule has 2 heterocycles. The van der Waals surface area contributed by atoms with E-state index in [4.69, 9.17) is 14.0 Å². The molecule has 126 valence electrons. The van der Waals surface area contributed by atoms with Crippen LogP contribution in [0, 0.1) is 16.0 Å². The van der Waals surface area contributed by atoms with Crippen molar-refractivity contribution in [3.63, 3.8) is 0 Å². The van der Waals surface area contributed by atoms with Crippen LogP contribution in [0.1, 0.15) is 18.2 Å². The average Bonchev–Trinajstić information content (AvgIpc) is 3.17. The molecule has 10 nitrogen and oxygen atoms in total.